The van der Waals surface area contributed by atoms with Crippen LogP contribution in [0.25, 0.3) is 6.08 Å². The Morgan fingerprint density at radius 2 is 1.94 bits per heavy atom. The maximum absolute atomic E-state index is 13.2. The van der Waals surface area contributed by atoms with E-state index in [0.29, 0.717) is 16.6 Å². The Morgan fingerprint density at radius 1 is 1.16 bits per heavy atom. The van der Waals surface area contributed by atoms with Crippen LogP contribution in [-0.4, -0.2) is 35.9 Å². The van der Waals surface area contributed by atoms with Crippen LogP contribution in [0.5, 0.6) is 5.75 Å². The van der Waals surface area contributed by atoms with E-state index in [0.717, 1.165) is 24.1 Å². The second-order valence-electron chi connectivity index (χ2n) is 7.87. The number of rotatable bonds is 6. The fourth-order valence-corrected chi connectivity index (χ4v) is 4.76. The van der Waals surface area contributed by atoms with Gasteiger partial charge in [0.1, 0.15) is 11.4 Å². The molecule has 1 saturated carbocycles. The summed E-state index contributed by atoms with van der Waals surface area (Å²) in [4.78, 5) is 31.9. The predicted molar refractivity (Wildman–Crippen MR) is 130 cm³/mol. The average Bonchev–Trinajstić information content (AvgIpc) is 3.14. The van der Waals surface area contributed by atoms with E-state index in [1.54, 1.807) is 18.1 Å². The number of para-hydroxylation sites is 1. The van der Waals surface area contributed by atoms with Crippen molar-refractivity contribution in [3.8, 4) is 5.75 Å². The number of hydrogen-bond acceptors (Lipinski definition) is 5. The molecule has 0 atom stereocenters. The molecule has 1 fully saturated rings. The first-order valence-electron chi connectivity index (χ1n) is 10.9. The van der Waals surface area contributed by atoms with Crippen molar-refractivity contribution in [1.29, 1.82) is 0 Å². The van der Waals surface area contributed by atoms with Crippen LogP contribution in [0.1, 0.15) is 37.7 Å². The van der Waals surface area contributed by atoms with Crippen LogP contribution in [-0.2, 0) is 9.59 Å². The van der Waals surface area contributed by atoms with Crippen molar-refractivity contribution in [3.63, 3.8) is 0 Å². The van der Waals surface area contributed by atoms with Crippen LogP contribution in [0.4, 0.5) is 5.69 Å². The summed E-state index contributed by atoms with van der Waals surface area (Å²) in [5, 5.41) is 3.63. The number of benzene rings is 2. The topological polar surface area (TPSA) is 71.0 Å². The molecule has 0 radical (unpaired) electrons. The molecule has 7 heteroatoms. The molecule has 0 aromatic heterocycles. The van der Waals surface area contributed by atoms with Gasteiger partial charge in [-0.2, -0.15) is 0 Å². The Hall–Kier alpha value is -3.06. The molecular weight excluding hydrogens is 422 g/mol. The Kier molecular flexibility index (Phi) is 7.27. The number of carbonyl (C=O) groups excluding carboxylic acids is 2. The summed E-state index contributed by atoms with van der Waals surface area (Å²) >= 11 is 1.29. The molecule has 6 nitrogen and oxygen atoms in total. The van der Waals surface area contributed by atoms with E-state index in [2.05, 4.69) is 10.3 Å². The van der Waals surface area contributed by atoms with Gasteiger partial charge in [0.25, 0.3) is 5.91 Å². The van der Waals surface area contributed by atoms with E-state index in [9.17, 15) is 9.59 Å². The number of amides is 2. The summed E-state index contributed by atoms with van der Waals surface area (Å²) in [5.74, 6) is 0.699. The number of hydrogen-bond donors (Lipinski definition) is 1. The van der Waals surface area contributed by atoms with Gasteiger partial charge in [-0.3, -0.25) is 14.5 Å². The van der Waals surface area contributed by atoms with Crippen LogP contribution >= 0.6 is 11.8 Å². The van der Waals surface area contributed by atoms with Gasteiger partial charge in [-0.05, 0) is 48.7 Å². The van der Waals surface area contributed by atoms with E-state index in [1.165, 1.54) is 31.0 Å². The van der Waals surface area contributed by atoms with Crippen molar-refractivity contribution in [3.05, 3.63) is 65.9 Å². The third kappa shape index (κ3) is 5.40. The largest absolute Gasteiger partial charge is 0.497 e. The van der Waals surface area contributed by atoms with E-state index >= 15 is 0 Å². The Morgan fingerprint density at radius 3 is 2.69 bits per heavy atom. The first kappa shape index (κ1) is 22.1. The molecule has 4 rings (SSSR count). The lowest BCUT2D eigenvalue weighted by Gasteiger charge is -2.23. The van der Waals surface area contributed by atoms with Crippen molar-refractivity contribution >= 4 is 40.5 Å². The minimum absolute atomic E-state index is 0.0183. The van der Waals surface area contributed by atoms with E-state index in [1.807, 2.05) is 54.6 Å². The summed E-state index contributed by atoms with van der Waals surface area (Å²) in [6.45, 7) is 0. The summed E-state index contributed by atoms with van der Waals surface area (Å²) < 4.78 is 5.28. The molecule has 2 aromatic rings. The third-order valence-electron chi connectivity index (χ3n) is 5.54. The normalized spacial score (nSPS) is 18.0. The van der Waals surface area contributed by atoms with E-state index in [4.69, 9.17) is 4.74 Å². The SMILES string of the molecule is COc1cccc(/C=C2/N=C(SCC(=O)NC3CCCCC3)N(c3ccccc3)C2=O)c1. The van der Waals surface area contributed by atoms with Gasteiger partial charge in [-0.15, -0.1) is 0 Å². The van der Waals surface area contributed by atoms with Crippen LogP contribution in [0.3, 0.4) is 0 Å². The van der Waals surface area contributed by atoms with Crippen molar-refractivity contribution in [2.24, 2.45) is 4.99 Å². The second-order valence-corrected chi connectivity index (χ2v) is 8.81. The number of thioether (sulfide) groups is 1. The lowest BCUT2D eigenvalue weighted by molar-refractivity contribution is -0.119. The zero-order valence-electron chi connectivity index (χ0n) is 18.1. The average molecular weight is 450 g/mol. The standard InChI is InChI=1S/C25H27N3O3S/c1-31-21-14-8-9-18(15-21)16-22-24(30)28(20-12-6-3-7-13-20)25(27-22)32-17-23(29)26-19-10-4-2-5-11-19/h3,6-9,12-16,19H,2,4-5,10-11,17H2,1H3,(H,26,29)/b22-16+. The second kappa shape index (κ2) is 10.5. The molecule has 32 heavy (non-hydrogen) atoms. The zero-order chi connectivity index (χ0) is 22.3. The van der Waals surface area contributed by atoms with Crippen molar-refractivity contribution < 1.29 is 14.3 Å². The predicted octanol–water partition coefficient (Wildman–Crippen LogP) is 4.62. The fourth-order valence-electron chi connectivity index (χ4n) is 3.93. The Balaban J connectivity index is 1.53. The van der Waals surface area contributed by atoms with Gasteiger partial charge < -0.3 is 10.1 Å². The Labute approximate surface area is 192 Å². The molecule has 0 saturated heterocycles. The van der Waals surface area contributed by atoms with Gasteiger partial charge in [-0.25, -0.2) is 4.99 Å². The molecule has 0 spiro atoms. The molecule has 1 aliphatic carbocycles. The number of nitrogens with zero attached hydrogens (tertiary/aromatic N) is 2. The highest BCUT2D eigenvalue weighted by Gasteiger charge is 2.32. The Bertz CT molecular complexity index is 1030. The lowest BCUT2D eigenvalue weighted by atomic mass is 9.95. The molecular formula is C25H27N3O3S. The molecule has 2 aromatic carbocycles. The highest BCUT2D eigenvalue weighted by atomic mass is 32.2. The summed E-state index contributed by atoms with van der Waals surface area (Å²) in [6.07, 6.45) is 7.41. The third-order valence-corrected chi connectivity index (χ3v) is 6.48. The molecule has 2 aliphatic rings. The van der Waals surface area contributed by atoms with Gasteiger partial charge in [-0.1, -0.05) is 61.4 Å². The number of carbonyl (C=O) groups is 2. The maximum Gasteiger partial charge on any atom is 0.283 e. The number of anilines is 1. The number of methoxy groups -OCH3 is 1. The van der Waals surface area contributed by atoms with Gasteiger partial charge in [0.2, 0.25) is 5.91 Å². The molecule has 1 aliphatic heterocycles. The van der Waals surface area contributed by atoms with E-state index in [-0.39, 0.29) is 23.6 Å². The van der Waals surface area contributed by atoms with Crippen molar-refractivity contribution in [2.45, 2.75) is 38.1 Å². The monoisotopic (exact) mass is 449 g/mol. The summed E-state index contributed by atoms with van der Waals surface area (Å²) in [5.41, 5.74) is 1.88. The number of nitrogens with one attached hydrogen (secondary N) is 1. The quantitative estimate of drug-likeness (QED) is 0.653. The zero-order valence-corrected chi connectivity index (χ0v) is 18.9. The number of aliphatic imine (C=N–C) groups is 1. The molecule has 166 valence electrons. The minimum Gasteiger partial charge on any atom is -0.497 e. The van der Waals surface area contributed by atoms with Crippen LogP contribution < -0.4 is 15.0 Å². The van der Waals surface area contributed by atoms with Gasteiger partial charge >= 0.3 is 0 Å². The summed E-state index contributed by atoms with van der Waals surface area (Å²) in [7, 11) is 1.61. The molecule has 1 N–H and O–H groups in total. The highest BCUT2D eigenvalue weighted by Crippen LogP contribution is 2.29. The maximum atomic E-state index is 13.2. The van der Waals surface area contributed by atoms with Crippen molar-refractivity contribution in [2.75, 3.05) is 17.8 Å². The van der Waals surface area contributed by atoms with Crippen molar-refractivity contribution in [1.82, 2.24) is 5.32 Å². The van der Waals surface area contributed by atoms with Crippen LogP contribution in [0.15, 0.2) is 65.3 Å². The molecule has 1 heterocycles. The first-order valence-corrected chi connectivity index (χ1v) is 11.9. The molecule has 0 unspecified atom stereocenters. The van der Waals surface area contributed by atoms with Crippen LogP contribution in [0, 0.1) is 0 Å². The fraction of sp³-hybridized carbons (Fsp3) is 0.320. The first-order chi connectivity index (χ1) is 15.6. The van der Waals surface area contributed by atoms with Gasteiger partial charge in [0, 0.05) is 6.04 Å². The van der Waals surface area contributed by atoms with Gasteiger partial charge in [0.05, 0.1) is 18.6 Å². The highest BCUT2D eigenvalue weighted by molar-refractivity contribution is 8.14. The van der Waals surface area contributed by atoms with Gasteiger partial charge in [0.15, 0.2) is 5.17 Å². The van der Waals surface area contributed by atoms with E-state index < -0.39 is 0 Å². The lowest BCUT2D eigenvalue weighted by Crippen LogP contribution is -2.38. The summed E-state index contributed by atoms with van der Waals surface area (Å²) in [6, 6.07) is 17.1. The number of ether oxygens (including phenoxy) is 1. The molecule has 0 bridgehead atoms. The smallest absolute Gasteiger partial charge is 0.283 e. The number of amidine groups is 1. The van der Waals surface area contributed by atoms with Crippen LogP contribution in [0.2, 0.25) is 0 Å². The molecule has 2 amide bonds. The minimum atomic E-state index is -0.214.